The standard InChI is InChI=1S/C30H31FN2O4/c1-30(2,3)37-29(34)32-24-15-12-22(13-16-24)26-17-14-23-10-7-11-27(28(23)33-26)36-25(18-31)20-35-19-21-8-5-4-6-9-21/h4-17,25H,18-20H2,1-3H3,(H,32,34). The van der Waals surface area contributed by atoms with E-state index < -0.39 is 24.5 Å². The van der Waals surface area contributed by atoms with Crippen LogP contribution < -0.4 is 10.1 Å². The Morgan fingerprint density at radius 2 is 1.70 bits per heavy atom. The number of alkyl halides is 1. The molecule has 1 aromatic heterocycles. The number of pyridine rings is 1. The maximum atomic E-state index is 13.8. The highest BCUT2D eigenvalue weighted by Gasteiger charge is 2.17. The molecule has 192 valence electrons. The number of fused-ring (bicyclic) bond motifs is 1. The van der Waals surface area contributed by atoms with E-state index in [1.54, 1.807) is 18.2 Å². The third-order valence-corrected chi connectivity index (χ3v) is 5.39. The van der Waals surface area contributed by atoms with Crippen LogP contribution in [0.15, 0.2) is 84.9 Å². The van der Waals surface area contributed by atoms with Crippen molar-refractivity contribution in [1.29, 1.82) is 0 Å². The average molecular weight is 503 g/mol. The van der Waals surface area contributed by atoms with Crippen molar-refractivity contribution in [3.8, 4) is 17.0 Å². The van der Waals surface area contributed by atoms with E-state index in [9.17, 15) is 9.18 Å². The summed E-state index contributed by atoms with van der Waals surface area (Å²) in [5, 5.41) is 3.60. The fraction of sp³-hybridized carbons (Fsp3) is 0.267. The predicted octanol–water partition coefficient (Wildman–Crippen LogP) is 7.18. The normalized spacial score (nSPS) is 12.2. The maximum Gasteiger partial charge on any atom is 0.412 e. The maximum absolute atomic E-state index is 13.8. The summed E-state index contributed by atoms with van der Waals surface area (Å²) in [5.41, 5.74) is 3.28. The second kappa shape index (κ2) is 11.8. The van der Waals surface area contributed by atoms with Crippen molar-refractivity contribution in [2.75, 3.05) is 18.6 Å². The van der Waals surface area contributed by atoms with Gasteiger partial charge in [-0.25, -0.2) is 14.2 Å². The van der Waals surface area contributed by atoms with E-state index in [2.05, 4.69) is 5.32 Å². The van der Waals surface area contributed by atoms with Gasteiger partial charge in [-0.1, -0.05) is 60.7 Å². The Morgan fingerprint density at radius 1 is 0.946 bits per heavy atom. The van der Waals surface area contributed by atoms with Gasteiger partial charge in [0.1, 0.15) is 23.5 Å². The lowest BCUT2D eigenvalue weighted by atomic mass is 10.1. The highest BCUT2D eigenvalue weighted by atomic mass is 19.1. The zero-order chi connectivity index (χ0) is 26.3. The molecule has 0 bridgehead atoms. The minimum absolute atomic E-state index is 0.119. The highest BCUT2D eigenvalue weighted by molar-refractivity contribution is 5.87. The quantitative estimate of drug-likeness (QED) is 0.262. The number of amides is 1. The van der Waals surface area contributed by atoms with Crippen LogP contribution >= 0.6 is 0 Å². The molecule has 0 aliphatic carbocycles. The number of para-hydroxylation sites is 1. The van der Waals surface area contributed by atoms with Crippen LogP contribution in [0.4, 0.5) is 14.9 Å². The van der Waals surface area contributed by atoms with Crippen LogP contribution in [0.3, 0.4) is 0 Å². The summed E-state index contributed by atoms with van der Waals surface area (Å²) < 4.78 is 30.7. The third-order valence-electron chi connectivity index (χ3n) is 5.39. The van der Waals surface area contributed by atoms with Crippen molar-refractivity contribution in [3.05, 3.63) is 90.5 Å². The molecule has 1 amide bonds. The number of carbonyl (C=O) groups is 1. The Kier molecular flexibility index (Phi) is 8.36. The number of anilines is 1. The zero-order valence-electron chi connectivity index (χ0n) is 21.2. The van der Waals surface area contributed by atoms with Crippen molar-refractivity contribution >= 4 is 22.7 Å². The summed E-state index contributed by atoms with van der Waals surface area (Å²) in [6.07, 6.45) is -1.26. The van der Waals surface area contributed by atoms with Crippen LogP contribution in [0, 0.1) is 0 Å². The van der Waals surface area contributed by atoms with Crippen LogP contribution in [0.2, 0.25) is 0 Å². The third kappa shape index (κ3) is 7.51. The summed E-state index contributed by atoms with van der Waals surface area (Å²) in [6.45, 7) is 5.26. The van der Waals surface area contributed by atoms with E-state index in [0.29, 0.717) is 23.6 Å². The smallest absolute Gasteiger partial charge is 0.412 e. The topological polar surface area (TPSA) is 69.7 Å². The van der Waals surface area contributed by atoms with Gasteiger partial charge >= 0.3 is 6.09 Å². The molecule has 6 nitrogen and oxygen atoms in total. The molecule has 0 aliphatic heterocycles. The van der Waals surface area contributed by atoms with Crippen molar-refractivity contribution < 1.29 is 23.4 Å². The van der Waals surface area contributed by atoms with Gasteiger partial charge in [0.25, 0.3) is 0 Å². The van der Waals surface area contributed by atoms with Crippen molar-refractivity contribution in [2.45, 2.75) is 39.1 Å². The molecular formula is C30H31FN2O4. The monoisotopic (exact) mass is 502 g/mol. The van der Waals surface area contributed by atoms with Crippen LogP contribution in [-0.4, -0.2) is 36.1 Å². The summed E-state index contributed by atoms with van der Waals surface area (Å²) in [7, 11) is 0. The Morgan fingerprint density at radius 3 is 2.41 bits per heavy atom. The number of halogens is 1. The number of hydrogen-bond donors (Lipinski definition) is 1. The van der Waals surface area contributed by atoms with Crippen LogP contribution in [0.5, 0.6) is 5.75 Å². The van der Waals surface area contributed by atoms with E-state index in [4.69, 9.17) is 19.2 Å². The summed E-state index contributed by atoms with van der Waals surface area (Å²) in [6, 6.07) is 26.5. The first kappa shape index (κ1) is 26.1. The van der Waals surface area contributed by atoms with Gasteiger partial charge in [0, 0.05) is 16.6 Å². The molecule has 0 radical (unpaired) electrons. The fourth-order valence-corrected chi connectivity index (χ4v) is 3.69. The minimum atomic E-state index is -0.752. The molecule has 7 heteroatoms. The molecule has 1 N–H and O–H groups in total. The van der Waals surface area contributed by atoms with Crippen molar-refractivity contribution in [3.63, 3.8) is 0 Å². The van der Waals surface area contributed by atoms with Gasteiger partial charge in [-0.15, -0.1) is 0 Å². The molecule has 0 aliphatic rings. The number of ether oxygens (including phenoxy) is 3. The summed E-state index contributed by atoms with van der Waals surface area (Å²) >= 11 is 0. The molecule has 0 saturated heterocycles. The molecule has 0 spiro atoms. The number of aromatic nitrogens is 1. The van der Waals surface area contributed by atoms with Crippen molar-refractivity contribution in [2.24, 2.45) is 0 Å². The predicted molar refractivity (Wildman–Crippen MR) is 144 cm³/mol. The Balaban J connectivity index is 1.46. The Labute approximate surface area is 216 Å². The van der Waals surface area contributed by atoms with E-state index in [-0.39, 0.29) is 6.61 Å². The summed E-state index contributed by atoms with van der Waals surface area (Å²) in [5.74, 6) is 0.494. The first-order valence-corrected chi connectivity index (χ1v) is 12.2. The number of carbonyl (C=O) groups excluding carboxylic acids is 1. The van der Waals surface area contributed by atoms with E-state index in [1.165, 1.54) is 0 Å². The minimum Gasteiger partial charge on any atom is -0.483 e. The molecule has 1 unspecified atom stereocenters. The SMILES string of the molecule is CC(C)(C)OC(=O)Nc1ccc(-c2ccc3cccc(OC(CF)COCc4ccccc4)c3n2)cc1. The Bertz CT molecular complexity index is 1320. The molecule has 3 aromatic carbocycles. The highest BCUT2D eigenvalue weighted by Crippen LogP contribution is 2.29. The number of hydrogen-bond acceptors (Lipinski definition) is 5. The number of rotatable bonds is 9. The first-order valence-electron chi connectivity index (χ1n) is 12.2. The van der Waals surface area contributed by atoms with Gasteiger partial charge in [-0.3, -0.25) is 5.32 Å². The number of nitrogens with zero attached hydrogens (tertiary/aromatic N) is 1. The summed E-state index contributed by atoms with van der Waals surface area (Å²) in [4.78, 5) is 16.8. The van der Waals surface area contributed by atoms with Gasteiger partial charge in [-0.2, -0.15) is 0 Å². The molecule has 4 rings (SSSR count). The molecule has 1 heterocycles. The van der Waals surface area contributed by atoms with Gasteiger partial charge in [0.2, 0.25) is 0 Å². The second-order valence-corrected chi connectivity index (χ2v) is 9.62. The molecule has 4 aromatic rings. The second-order valence-electron chi connectivity index (χ2n) is 9.62. The molecule has 1 atom stereocenters. The molecule has 0 saturated carbocycles. The van der Waals surface area contributed by atoms with E-state index >= 15 is 0 Å². The lowest BCUT2D eigenvalue weighted by molar-refractivity contribution is 0.0304. The molecule has 37 heavy (non-hydrogen) atoms. The number of nitrogens with one attached hydrogen (secondary N) is 1. The first-order chi connectivity index (χ1) is 17.8. The zero-order valence-corrected chi connectivity index (χ0v) is 21.2. The average Bonchev–Trinajstić information content (AvgIpc) is 2.88. The van der Waals surface area contributed by atoms with Gasteiger partial charge < -0.3 is 14.2 Å². The lowest BCUT2D eigenvalue weighted by Gasteiger charge is -2.19. The van der Waals surface area contributed by atoms with Crippen LogP contribution in [-0.2, 0) is 16.1 Å². The molecular weight excluding hydrogens is 471 g/mol. The van der Waals surface area contributed by atoms with Crippen LogP contribution in [0.25, 0.3) is 22.2 Å². The Hall–Kier alpha value is -3.97. The van der Waals surface area contributed by atoms with Gasteiger partial charge in [-0.05, 0) is 50.6 Å². The van der Waals surface area contributed by atoms with Crippen molar-refractivity contribution in [1.82, 2.24) is 4.98 Å². The largest absolute Gasteiger partial charge is 0.483 e. The van der Waals surface area contributed by atoms with Crippen LogP contribution in [0.1, 0.15) is 26.3 Å². The fourth-order valence-electron chi connectivity index (χ4n) is 3.69. The lowest BCUT2D eigenvalue weighted by Crippen LogP contribution is -2.27. The molecule has 0 fully saturated rings. The van der Waals surface area contributed by atoms with E-state index in [1.807, 2.05) is 87.5 Å². The van der Waals surface area contributed by atoms with Gasteiger partial charge in [0.15, 0.2) is 6.10 Å². The van der Waals surface area contributed by atoms with E-state index in [0.717, 1.165) is 22.2 Å². The van der Waals surface area contributed by atoms with Gasteiger partial charge in [0.05, 0.1) is 18.9 Å². The number of benzene rings is 3.